The number of rotatable bonds is 6. The molecule has 6 heteroatoms. The molecule has 5 nitrogen and oxygen atoms in total. The highest BCUT2D eigenvalue weighted by Crippen LogP contribution is 2.16. The van der Waals surface area contributed by atoms with Crippen molar-refractivity contribution in [1.82, 2.24) is 5.32 Å². The molecule has 1 fully saturated rings. The van der Waals surface area contributed by atoms with Crippen LogP contribution in [0.25, 0.3) is 0 Å². The van der Waals surface area contributed by atoms with E-state index in [1.807, 2.05) is 18.2 Å². The van der Waals surface area contributed by atoms with E-state index in [1.165, 1.54) is 5.56 Å². The Hall–Kier alpha value is -1.43. The first-order valence-corrected chi connectivity index (χ1v) is 7.42. The molecule has 1 heterocycles. The molecular formula is C16H23ClN2O3. The number of quaternary nitrogens is 1. The van der Waals surface area contributed by atoms with E-state index < -0.39 is 6.10 Å². The van der Waals surface area contributed by atoms with E-state index in [0.717, 1.165) is 6.42 Å². The zero-order chi connectivity index (χ0) is 15.2. The smallest absolute Gasteiger partial charge is 0.226 e. The minimum absolute atomic E-state index is 0. The number of hydrogen-bond donors (Lipinski definition) is 3. The van der Waals surface area contributed by atoms with Crippen molar-refractivity contribution in [2.24, 2.45) is 5.92 Å². The maximum atomic E-state index is 11.3. The number of amides is 2. The molecule has 4 N–H and O–H groups in total. The second kappa shape index (κ2) is 8.88. The van der Waals surface area contributed by atoms with Gasteiger partial charge in [-0.3, -0.25) is 14.9 Å². The van der Waals surface area contributed by atoms with Crippen LogP contribution >= 0.6 is 0 Å². The zero-order valence-electron chi connectivity index (χ0n) is 12.7. The van der Waals surface area contributed by atoms with E-state index in [0.29, 0.717) is 12.6 Å². The summed E-state index contributed by atoms with van der Waals surface area (Å²) in [5.74, 6) is -0.827. The average molecular weight is 327 g/mol. The Morgan fingerprint density at radius 2 is 1.82 bits per heavy atom. The first kappa shape index (κ1) is 18.6. The van der Waals surface area contributed by atoms with Crippen molar-refractivity contribution in [3.8, 4) is 0 Å². The molecule has 1 aromatic carbocycles. The van der Waals surface area contributed by atoms with Gasteiger partial charge >= 0.3 is 0 Å². The summed E-state index contributed by atoms with van der Waals surface area (Å²) in [4.78, 5) is 22.6. The van der Waals surface area contributed by atoms with Crippen molar-refractivity contribution >= 4 is 11.8 Å². The van der Waals surface area contributed by atoms with E-state index in [2.05, 4.69) is 29.7 Å². The van der Waals surface area contributed by atoms with Gasteiger partial charge in [0.1, 0.15) is 12.6 Å². The van der Waals surface area contributed by atoms with Crippen LogP contribution in [0, 0.1) is 5.92 Å². The summed E-state index contributed by atoms with van der Waals surface area (Å²) in [7, 11) is 0. The lowest BCUT2D eigenvalue weighted by molar-refractivity contribution is -0.692. The molecule has 2 unspecified atom stereocenters. The number of imide groups is 1. The van der Waals surface area contributed by atoms with Crippen LogP contribution in [0.2, 0.25) is 0 Å². The van der Waals surface area contributed by atoms with Crippen LogP contribution in [0.1, 0.15) is 25.3 Å². The molecule has 122 valence electrons. The molecule has 0 spiro atoms. The van der Waals surface area contributed by atoms with Gasteiger partial charge in [0.25, 0.3) is 0 Å². The number of nitrogens with two attached hydrogens (primary N) is 1. The summed E-state index contributed by atoms with van der Waals surface area (Å²) in [6.07, 6.45) is 0.762. The van der Waals surface area contributed by atoms with Crippen LogP contribution in [0.5, 0.6) is 0 Å². The summed E-state index contributed by atoms with van der Waals surface area (Å²) in [5.41, 5.74) is 1.27. The lowest BCUT2D eigenvalue weighted by atomic mass is 9.91. The molecule has 1 aliphatic heterocycles. The summed E-state index contributed by atoms with van der Waals surface area (Å²) < 4.78 is 0. The lowest BCUT2D eigenvalue weighted by Gasteiger charge is -2.25. The number of carbonyl (C=O) groups is 2. The predicted octanol–water partition coefficient (Wildman–Crippen LogP) is -3.40. The topological polar surface area (TPSA) is 83.0 Å². The van der Waals surface area contributed by atoms with Crippen LogP contribution < -0.4 is 23.0 Å². The Labute approximate surface area is 136 Å². The number of aliphatic hydroxyl groups excluding tert-OH is 1. The number of carbonyl (C=O) groups excluding carboxylic acids is 2. The SMILES string of the molecule is CC(Cc1ccccc1)[NH2+]CC(O)C1CC(=O)NC(=O)C1.[Cl-]. The predicted molar refractivity (Wildman–Crippen MR) is 78.3 cm³/mol. The molecule has 2 amide bonds. The number of hydrogen-bond acceptors (Lipinski definition) is 3. The second-order valence-electron chi connectivity index (χ2n) is 5.85. The highest BCUT2D eigenvalue weighted by atomic mass is 35.5. The van der Waals surface area contributed by atoms with Crippen molar-refractivity contribution in [3.05, 3.63) is 35.9 Å². The largest absolute Gasteiger partial charge is 1.00 e. The van der Waals surface area contributed by atoms with Crippen molar-refractivity contribution in [1.29, 1.82) is 0 Å². The average Bonchev–Trinajstić information content (AvgIpc) is 2.45. The van der Waals surface area contributed by atoms with Gasteiger partial charge in [-0.25, -0.2) is 0 Å². The van der Waals surface area contributed by atoms with Crippen LogP contribution in [0.15, 0.2) is 30.3 Å². The van der Waals surface area contributed by atoms with E-state index in [9.17, 15) is 14.7 Å². The minimum atomic E-state index is -0.627. The number of piperidine rings is 1. The van der Waals surface area contributed by atoms with Gasteiger partial charge in [-0.05, 0) is 12.5 Å². The number of benzene rings is 1. The Morgan fingerprint density at radius 1 is 1.23 bits per heavy atom. The minimum Gasteiger partial charge on any atom is -1.00 e. The number of aliphatic hydroxyl groups is 1. The van der Waals surface area contributed by atoms with E-state index >= 15 is 0 Å². The van der Waals surface area contributed by atoms with E-state index in [1.54, 1.807) is 0 Å². The molecule has 1 saturated heterocycles. The standard InChI is InChI=1S/C16H22N2O3.ClH/c1-11(7-12-5-3-2-4-6-12)17-10-14(19)13-8-15(20)18-16(21)9-13;/h2-6,11,13-14,17,19H,7-10H2,1H3,(H,18,20,21);1H. The first-order chi connectivity index (χ1) is 10.0. The van der Waals surface area contributed by atoms with Crippen LogP contribution in [0.4, 0.5) is 0 Å². The van der Waals surface area contributed by atoms with Gasteiger partial charge < -0.3 is 22.8 Å². The van der Waals surface area contributed by atoms with Gasteiger partial charge in [-0.2, -0.15) is 0 Å². The Balaban J connectivity index is 0.00000242. The highest BCUT2D eigenvalue weighted by Gasteiger charge is 2.31. The van der Waals surface area contributed by atoms with Crippen LogP contribution in [-0.2, 0) is 16.0 Å². The quantitative estimate of drug-likeness (QED) is 0.477. The van der Waals surface area contributed by atoms with E-state index in [-0.39, 0.29) is 43.0 Å². The number of nitrogens with one attached hydrogen (secondary N) is 1. The maximum absolute atomic E-state index is 11.3. The van der Waals surface area contributed by atoms with Gasteiger partial charge in [-0.1, -0.05) is 30.3 Å². The normalized spacial score (nSPS) is 18.3. The highest BCUT2D eigenvalue weighted by molar-refractivity contribution is 5.97. The molecule has 2 atom stereocenters. The number of halogens is 1. The fourth-order valence-corrected chi connectivity index (χ4v) is 2.71. The molecule has 0 aromatic heterocycles. The molecule has 1 aromatic rings. The maximum Gasteiger partial charge on any atom is 0.226 e. The van der Waals surface area contributed by atoms with Crippen molar-refractivity contribution in [2.45, 2.75) is 38.3 Å². The molecular weight excluding hydrogens is 304 g/mol. The molecule has 22 heavy (non-hydrogen) atoms. The Bertz CT molecular complexity index is 479. The third-order valence-electron chi connectivity index (χ3n) is 3.90. The summed E-state index contributed by atoms with van der Waals surface area (Å²) >= 11 is 0. The fourth-order valence-electron chi connectivity index (χ4n) is 2.71. The van der Waals surface area contributed by atoms with Crippen molar-refractivity contribution < 1.29 is 32.4 Å². The molecule has 2 rings (SSSR count). The van der Waals surface area contributed by atoms with Gasteiger partial charge in [0.05, 0.1) is 6.04 Å². The van der Waals surface area contributed by atoms with Crippen LogP contribution in [0.3, 0.4) is 0 Å². The van der Waals surface area contributed by atoms with Gasteiger partial charge in [0.15, 0.2) is 0 Å². The third-order valence-corrected chi connectivity index (χ3v) is 3.90. The Morgan fingerprint density at radius 3 is 2.41 bits per heavy atom. The molecule has 0 radical (unpaired) electrons. The lowest BCUT2D eigenvalue weighted by Crippen LogP contribution is -3.00. The van der Waals surface area contributed by atoms with Gasteiger partial charge in [0, 0.05) is 25.2 Å². The first-order valence-electron chi connectivity index (χ1n) is 7.42. The van der Waals surface area contributed by atoms with E-state index in [4.69, 9.17) is 0 Å². The molecule has 1 aliphatic rings. The molecule has 0 bridgehead atoms. The van der Waals surface area contributed by atoms with Crippen molar-refractivity contribution in [3.63, 3.8) is 0 Å². The zero-order valence-corrected chi connectivity index (χ0v) is 13.4. The fraction of sp³-hybridized carbons (Fsp3) is 0.500. The van der Waals surface area contributed by atoms with Gasteiger partial charge in [-0.15, -0.1) is 0 Å². The monoisotopic (exact) mass is 326 g/mol. The molecule has 0 saturated carbocycles. The Kier molecular flexibility index (Phi) is 7.51. The third kappa shape index (κ3) is 5.75. The molecule has 0 aliphatic carbocycles. The van der Waals surface area contributed by atoms with Gasteiger partial charge in [0.2, 0.25) is 11.8 Å². The second-order valence-corrected chi connectivity index (χ2v) is 5.85. The summed E-state index contributed by atoms with van der Waals surface area (Å²) in [6, 6.07) is 10.5. The van der Waals surface area contributed by atoms with Crippen molar-refractivity contribution in [2.75, 3.05) is 6.54 Å². The van der Waals surface area contributed by atoms with Crippen LogP contribution in [-0.4, -0.2) is 35.6 Å². The summed E-state index contributed by atoms with van der Waals surface area (Å²) in [6.45, 7) is 2.62. The summed E-state index contributed by atoms with van der Waals surface area (Å²) in [5, 5.41) is 14.5.